The molecule has 138 valence electrons. The lowest BCUT2D eigenvalue weighted by molar-refractivity contribution is 0.229. The number of aromatic nitrogens is 1. The zero-order chi connectivity index (χ0) is 17.9. The van der Waals surface area contributed by atoms with Crippen molar-refractivity contribution in [3.63, 3.8) is 0 Å². The van der Waals surface area contributed by atoms with Crippen molar-refractivity contribution in [2.24, 2.45) is 0 Å². The van der Waals surface area contributed by atoms with Crippen LogP contribution in [0.15, 0.2) is 29.8 Å². The molecule has 1 fully saturated rings. The minimum absolute atomic E-state index is 0.0305. The van der Waals surface area contributed by atoms with E-state index in [1.165, 1.54) is 16.7 Å². The van der Waals surface area contributed by atoms with Crippen LogP contribution in [0.2, 0.25) is 0 Å². The number of carbonyl (C=O) groups excluding carboxylic acids is 1. The Labute approximate surface area is 158 Å². The van der Waals surface area contributed by atoms with Crippen LogP contribution in [0.5, 0.6) is 0 Å². The first-order valence-electron chi connectivity index (χ1n) is 9.50. The number of urea groups is 1. The van der Waals surface area contributed by atoms with Gasteiger partial charge in [-0.25, -0.2) is 9.78 Å². The van der Waals surface area contributed by atoms with E-state index in [0.29, 0.717) is 0 Å². The van der Waals surface area contributed by atoms with Gasteiger partial charge in [-0.05, 0) is 50.2 Å². The van der Waals surface area contributed by atoms with Gasteiger partial charge in [0.1, 0.15) is 0 Å². The fourth-order valence-electron chi connectivity index (χ4n) is 4.04. The molecule has 2 heterocycles. The molecule has 0 saturated carbocycles. The fourth-order valence-corrected chi connectivity index (χ4v) is 4.74. The van der Waals surface area contributed by atoms with Crippen LogP contribution >= 0.6 is 11.3 Å². The SMILES string of the molecule is Cc1ccc2c(c1)[C@@H](NC(=O)NC1CCN(c3nccs3)CC1)CCC2. The maximum Gasteiger partial charge on any atom is 0.315 e. The van der Waals surface area contributed by atoms with Gasteiger partial charge in [0, 0.05) is 30.7 Å². The molecule has 5 nitrogen and oxygen atoms in total. The summed E-state index contributed by atoms with van der Waals surface area (Å²) in [5, 5.41) is 9.49. The number of piperidine rings is 1. The first-order chi connectivity index (χ1) is 12.7. The van der Waals surface area contributed by atoms with Crippen LogP contribution in [0.1, 0.15) is 48.4 Å². The third kappa shape index (κ3) is 3.85. The van der Waals surface area contributed by atoms with Crippen molar-refractivity contribution in [1.29, 1.82) is 0 Å². The minimum atomic E-state index is -0.0305. The quantitative estimate of drug-likeness (QED) is 0.864. The number of benzene rings is 1. The largest absolute Gasteiger partial charge is 0.348 e. The van der Waals surface area contributed by atoms with Crippen LogP contribution in [0.25, 0.3) is 0 Å². The second kappa shape index (κ2) is 7.66. The number of thiazole rings is 1. The average molecular weight is 371 g/mol. The van der Waals surface area contributed by atoms with Crippen molar-refractivity contribution in [2.75, 3.05) is 18.0 Å². The highest BCUT2D eigenvalue weighted by Crippen LogP contribution is 2.30. The standard InChI is InChI=1S/C20H26N4OS/c1-14-5-6-15-3-2-4-18(17(15)13-14)23-19(25)22-16-7-10-24(11-8-16)20-21-9-12-26-20/h5-6,9,12-13,16,18H,2-4,7-8,10-11H2,1H3,(H2,22,23,25)/t18-/m0/s1. The van der Waals surface area contributed by atoms with Crippen molar-refractivity contribution in [3.05, 3.63) is 46.5 Å². The van der Waals surface area contributed by atoms with Crippen molar-refractivity contribution in [2.45, 2.75) is 51.1 Å². The smallest absolute Gasteiger partial charge is 0.315 e. The third-order valence-corrected chi connectivity index (χ3v) is 6.27. The predicted octanol–water partition coefficient (Wildman–Crippen LogP) is 3.80. The van der Waals surface area contributed by atoms with E-state index in [4.69, 9.17) is 0 Å². The molecule has 2 amide bonds. The number of nitrogens with zero attached hydrogens (tertiary/aromatic N) is 2. The Bertz CT molecular complexity index is 753. The van der Waals surface area contributed by atoms with Crippen molar-refractivity contribution in [3.8, 4) is 0 Å². The van der Waals surface area contributed by atoms with E-state index >= 15 is 0 Å². The van der Waals surface area contributed by atoms with E-state index in [9.17, 15) is 4.79 Å². The first-order valence-corrected chi connectivity index (χ1v) is 10.4. The van der Waals surface area contributed by atoms with Crippen LogP contribution < -0.4 is 15.5 Å². The number of nitrogens with one attached hydrogen (secondary N) is 2. The second-order valence-electron chi connectivity index (χ2n) is 7.34. The number of carbonyl (C=O) groups is 1. The van der Waals surface area contributed by atoms with Gasteiger partial charge in [0.2, 0.25) is 0 Å². The molecule has 1 aromatic heterocycles. The highest BCUT2D eigenvalue weighted by atomic mass is 32.1. The van der Waals surface area contributed by atoms with E-state index in [1.807, 2.05) is 11.6 Å². The lowest BCUT2D eigenvalue weighted by Crippen LogP contribution is -2.48. The Kier molecular flexibility index (Phi) is 5.11. The molecule has 4 rings (SSSR count). The molecule has 26 heavy (non-hydrogen) atoms. The summed E-state index contributed by atoms with van der Waals surface area (Å²) >= 11 is 1.68. The van der Waals surface area contributed by atoms with Gasteiger partial charge >= 0.3 is 6.03 Å². The molecule has 2 aromatic rings. The summed E-state index contributed by atoms with van der Waals surface area (Å²) in [5.74, 6) is 0. The fraction of sp³-hybridized carbons (Fsp3) is 0.500. The van der Waals surface area contributed by atoms with Gasteiger partial charge in [-0.2, -0.15) is 0 Å². The summed E-state index contributed by atoms with van der Waals surface area (Å²) in [7, 11) is 0. The first kappa shape index (κ1) is 17.3. The molecule has 1 aliphatic carbocycles. The monoisotopic (exact) mass is 370 g/mol. The summed E-state index contributed by atoms with van der Waals surface area (Å²) in [5.41, 5.74) is 3.93. The second-order valence-corrected chi connectivity index (χ2v) is 8.21. The molecular formula is C20H26N4OS. The van der Waals surface area contributed by atoms with Gasteiger partial charge < -0.3 is 15.5 Å². The molecule has 1 aliphatic heterocycles. The zero-order valence-corrected chi connectivity index (χ0v) is 16.0. The average Bonchev–Trinajstić information content (AvgIpc) is 3.17. The van der Waals surface area contributed by atoms with Gasteiger partial charge in [-0.1, -0.05) is 23.8 Å². The Morgan fingerprint density at radius 1 is 1.23 bits per heavy atom. The predicted molar refractivity (Wildman–Crippen MR) is 106 cm³/mol. The molecule has 0 bridgehead atoms. The number of fused-ring (bicyclic) bond motifs is 1. The van der Waals surface area contributed by atoms with E-state index in [0.717, 1.165) is 50.3 Å². The van der Waals surface area contributed by atoms with E-state index in [-0.39, 0.29) is 18.1 Å². The number of hydrogen-bond donors (Lipinski definition) is 2. The highest BCUT2D eigenvalue weighted by molar-refractivity contribution is 7.13. The van der Waals surface area contributed by atoms with Crippen LogP contribution in [0, 0.1) is 6.92 Å². The number of hydrogen-bond acceptors (Lipinski definition) is 4. The van der Waals surface area contributed by atoms with E-state index in [1.54, 1.807) is 11.3 Å². The lowest BCUT2D eigenvalue weighted by Gasteiger charge is -2.33. The Morgan fingerprint density at radius 2 is 2.08 bits per heavy atom. The van der Waals surface area contributed by atoms with Crippen LogP contribution in [-0.2, 0) is 6.42 Å². The maximum atomic E-state index is 12.5. The summed E-state index contributed by atoms with van der Waals surface area (Å²) in [6.07, 6.45) is 7.05. The summed E-state index contributed by atoms with van der Waals surface area (Å²) in [6, 6.07) is 6.95. The third-order valence-electron chi connectivity index (χ3n) is 5.44. The number of rotatable bonds is 3. The van der Waals surface area contributed by atoms with Gasteiger partial charge in [0.15, 0.2) is 5.13 Å². The molecule has 1 aromatic carbocycles. The van der Waals surface area contributed by atoms with Crippen LogP contribution in [0.4, 0.5) is 9.93 Å². The zero-order valence-electron chi connectivity index (χ0n) is 15.2. The Morgan fingerprint density at radius 3 is 2.85 bits per heavy atom. The molecule has 1 saturated heterocycles. The van der Waals surface area contributed by atoms with E-state index in [2.05, 4.69) is 45.6 Å². The number of anilines is 1. The van der Waals surface area contributed by atoms with Crippen molar-refractivity contribution in [1.82, 2.24) is 15.6 Å². The van der Waals surface area contributed by atoms with Crippen molar-refractivity contribution >= 4 is 22.5 Å². The maximum absolute atomic E-state index is 12.5. The number of amides is 2. The van der Waals surface area contributed by atoms with Gasteiger partial charge in [0.25, 0.3) is 0 Å². The van der Waals surface area contributed by atoms with Crippen LogP contribution in [0.3, 0.4) is 0 Å². The summed E-state index contributed by atoms with van der Waals surface area (Å²) in [6.45, 7) is 4.01. The molecule has 1 atom stereocenters. The molecule has 6 heteroatoms. The van der Waals surface area contributed by atoms with Crippen LogP contribution in [-0.4, -0.2) is 30.1 Å². The topological polar surface area (TPSA) is 57.3 Å². The molecular weight excluding hydrogens is 344 g/mol. The normalized spacial score (nSPS) is 20.5. The van der Waals surface area contributed by atoms with E-state index < -0.39 is 0 Å². The minimum Gasteiger partial charge on any atom is -0.348 e. The number of aryl methyl sites for hydroxylation is 2. The molecule has 0 spiro atoms. The van der Waals surface area contributed by atoms with Gasteiger partial charge in [-0.15, -0.1) is 11.3 Å². The van der Waals surface area contributed by atoms with Crippen molar-refractivity contribution < 1.29 is 4.79 Å². The van der Waals surface area contributed by atoms with Gasteiger partial charge in [0.05, 0.1) is 6.04 Å². The summed E-state index contributed by atoms with van der Waals surface area (Å²) in [4.78, 5) is 19.2. The molecule has 2 aliphatic rings. The Hall–Kier alpha value is -2.08. The summed E-state index contributed by atoms with van der Waals surface area (Å²) < 4.78 is 0. The molecule has 2 N–H and O–H groups in total. The lowest BCUT2D eigenvalue weighted by atomic mass is 9.87. The molecule has 0 radical (unpaired) electrons. The highest BCUT2D eigenvalue weighted by Gasteiger charge is 2.25. The molecule has 0 unspecified atom stereocenters. The van der Waals surface area contributed by atoms with Gasteiger partial charge in [-0.3, -0.25) is 0 Å². The Balaban J connectivity index is 1.31.